The summed E-state index contributed by atoms with van der Waals surface area (Å²) in [5.74, 6) is 0.829. The predicted octanol–water partition coefficient (Wildman–Crippen LogP) is 4.85. The molecule has 3 aromatic rings. The maximum Gasteiger partial charge on any atom is 0.130 e. The van der Waals surface area contributed by atoms with E-state index in [0.29, 0.717) is 11.5 Å². The quantitative estimate of drug-likeness (QED) is 0.669. The molecule has 3 rings (SSSR count). The Morgan fingerprint density at radius 2 is 1.92 bits per heavy atom. The van der Waals surface area contributed by atoms with Crippen molar-refractivity contribution in [2.45, 2.75) is 19.9 Å². The van der Waals surface area contributed by atoms with Gasteiger partial charge in [0.2, 0.25) is 0 Å². The Morgan fingerprint density at radius 3 is 2.64 bits per heavy atom. The molecule has 0 amide bonds. The summed E-state index contributed by atoms with van der Waals surface area (Å²) in [6.07, 6.45) is 3.06. The van der Waals surface area contributed by atoms with Crippen LogP contribution in [0.5, 0.6) is 11.5 Å². The Labute approximate surface area is 147 Å². The highest BCUT2D eigenvalue weighted by Gasteiger charge is 2.11. The van der Waals surface area contributed by atoms with Gasteiger partial charge in [0.15, 0.2) is 0 Å². The molecule has 1 heterocycles. The van der Waals surface area contributed by atoms with Gasteiger partial charge in [-0.25, -0.2) is 4.39 Å². The summed E-state index contributed by atoms with van der Waals surface area (Å²) in [6, 6.07) is 13.8. The van der Waals surface area contributed by atoms with E-state index in [0.717, 1.165) is 36.3 Å². The Hall–Kier alpha value is -2.66. The monoisotopic (exact) mass is 339 g/mol. The number of nitrogens with zero attached hydrogens (tertiary/aromatic N) is 2. The van der Waals surface area contributed by atoms with Crippen LogP contribution in [0.15, 0.2) is 54.7 Å². The van der Waals surface area contributed by atoms with E-state index >= 15 is 0 Å². The van der Waals surface area contributed by atoms with Gasteiger partial charge in [-0.1, -0.05) is 13.0 Å². The zero-order valence-electron chi connectivity index (χ0n) is 14.5. The average Bonchev–Trinajstić information content (AvgIpc) is 3.04. The highest BCUT2D eigenvalue weighted by atomic mass is 19.1. The van der Waals surface area contributed by atoms with E-state index in [1.54, 1.807) is 12.1 Å². The van der Waals surface area contributed by atoms with Crippen molar-refractivity contribution in [3.63, 3.8) is 0 Å². The average molecular weight is 339 g/mol. The van der Waals surface area contributed by atoms with Crippen molar-refractivity contribution in [3.05, 3.63) is 66.1 Å². The first-order chi connectivity index (χ1) is 12.2. The molecule has 0 bridgehead atoms. The number of rotatable bonds is 7. The molecule has 0 radical (unpaired) electrons. The number of aromatic nitrogens is 2. The number of H-pyrrole nitrogens is 1. The first-order valence-corrected chi connectivity index (χ1v) is 8.40. The SMILES string of the molecule is CCCN(C)Cc1c[nH]nc1-c1ccc(Oc2cccc(F)c2)cc1. The molecular weight excluding hydrogens is 317 g/mol. The molecule has 1 N–H and O–H groups in total. The molecule has 2 aromatic carbocycles. The lowest BCUT2D eigenvalue weighted by Crippen LogP contribution is -2.18. The normalized spacial score (nSPS) is 11.0. The third-order valence-corrected chi connectivity index (χ3v) is 3.92. The first kappa shape index (κ1) is 17.2. The van der Waals surface area contributed by atoms with E-state index in [-0.39, 0.29) is 5.82 Å². The first-order valence-electron chi connectivity index (χ1n) is 8.40. The molecule has 0 aliphatic rings. The van der Waals surface area contributed by atoms with Crippen molar-refractivity contribution in [2.75, 3.05) is 13.6 Å². The van der Waals surface area contributed by atoms with Gasteiger partial charge in [0.25, 0.3) is 0 Å². The Bertz CT molecular complexity index is 814. The summed E-state index contributed by atoms with van der Waals surface area (Å²) in [5, 5.41) is 7.34. The molecule has 0 atom stereocenters. The Balaban J connectivity index is 1.73. The number of hydrogen-bond donors (Lipinski definition) is 1. The van der Waals surface area contributed by atoms with Gasteiger partial charge < -0.3 is 9.64 Å². The van der Waals surface area contributed by atoms with Crippen LogP contribution < -0.4 is 4.74 Å². The van der Waals surface area contributed by atoms with Gasteiger partial charge in [0.1, 0.15) is 17.3 Å². The van der Waals surface area contributed by atoms with Gasteiger partial charge in [-0.2, -0.15) is 5.10 Å². The molecule has 4 nitrogen and oxygen atoms in total. The molecule has 0 fully saturated rings. The lowest BCUT2D eigenvalue weighted by molar-refractivity contribution is 0.328. The van der Waals surface area contributed by atoms with Crippen LogP contribution in [0, 0.1) is 5.82 Å². The van der Waals surface area contributed by atoms with E-state index in [1.807, 2.05) is 30.5 Å². The summed E-state index contributed by atoms with van der Waals surface area (Å²) < 4.78 is 18.9. The van der Waals surface area contributed by atoms with Crippen LogP contribution in [0.4, 0.5) is 4.39 Å². The fourth-order valence-corrected chi connectivity index (χ4v) is 2.78. The minimum atomic E-state index is -0.313. The molecule has 25 heavy (non-hydrogen) atoms. The van der Waals surface area contributed by atoms with Crippen LogP contribution >= 0.6 is 0 Å². The number of nitrogens with one attached hydrogen (secondary N) is 1. The van der Waals surface area contributed by atoms with Crippen molar-refractivity contribution in [2.24, 2.45) is 0 Å². The van der Waals surface area contributed by atoms with E-state index in [9.17, 15) is 4.39 Å². The van der Waals surface area contributed by atoms with Crippen molar-refractivity contribution in [1.82, 2.24) is 15.1 Å². The van der Waals surface area contributed by atoms with Gasteiger partial charge in [0, 0.05) is 29.9 Å². The molecule has 0 aliphatic heterocycles. The Kier molecular flexibility index (Phi) is 5.46. The molecule has 0 saturated heterocycles. The smallest absolute Gasteiger partial charge is 0.130 e. The van der Waals surface area contributed by atoms with Gasteiger partial charge >= 0.3 is 0 Å². The maximum atomic E-state index is 13.2. The summed E-state index contributed by atoms with van der Waals surface area (Å²) in [5.41, 5.74) is 3.13. The predicted molar refractivity (Wildman–Crippen MR) is 97.1 cm³/mol. The summed E-state index contributed by atoms with van der Waals surface area (Å²) in [4.78, 5) is 2.27. The molecule has 5 heteroatoms. The largest absolute Gasteiger partial charge is 0.457 e. The Morgan fingerprint density at radius 1 is 1.12 bits per heavy atom. The van der Waals surface area contributed by atoms with Crippen molar-refractivity contribution in [1.29, 1.82) is 0 Å². The second-order valence-corrected chi connectivity index (χ2v) is 6.08. The minimum Gasteiger partial charge on any atom is -0.457 e. The summed E-state index contributed by atoms with van der Waals surface area (Å²) in [7, 11) is 2.11. The highest BCUT2D eigenvalue weighted by Crippen LogP contribution is 2.27. The van der Waals surface area contributed by atoms with E-state index < -0.39 is 0 Å². The van der Waals surface area contributed by atoms with Crippen LogP contribution in [0.1, 0.15) is 18.9 Å². The standard InChI is InChI=1S/C20H22FN3O/c1-3-11-24(2)14-16-13-22-23-20(16)15-7-9-18(10-8-15)25-19-6-4-5-17(21)12-19/h4-10,12-13H,3,11,14H2,1-2H3,(H,22,23). The third kappa shape index (κ3) is 4.45. The third-order valence-electron chi connectivity index (χ3n) is 3.92. The number of ether oxygens (including phenoxy) is 1. The minimum absolute atomic E-state index is 0.313. The number of hydrogen-bond acceptors (Lipinski definition) is 3. The van der Waals surface area contributed by atoms with E-state index in [2.05, 4.69) is 29.1 Å². The molecule has 1 aromatic heterocycles. The summed E-state index contributed by atoms with van der Waals surface area (Å²) in [6.45, 7) is 4.07. The van der Waals surface area contributed by atoms with Gasteiger partial charge in [-0.05, 0) is 56.4 Å². The number of halogens is 1. The lowest BCUT2D eigenvalue weighted by atomic mass is 10.1. The van der Waals surface area contributed by atoms with Gasteiger partial charge in [-0.15, -0.1) is 0 Å². The molecule has 0 spiro atoms. The van der Waals surface area contributed by atoms with Gasteiger partial charge in [0.05, 0.1) is 5.69 Å². The van der Waals surface area contributed by atoms with E-state index in [4.69, 9.17) is 4.74 Å². The van der Waals surface area contributed by atoms with Crippen LogP contribution in [0.2, 0.25) is 0 Å². The zero-order valence-corrected chi connectivity index (χ0v) is 14.5. The van der Waals surface area contributed by atoms with Crippen LogP contribution in [0.25, 0.3) is 11.3 Å². The van der Waals surface area contributed by atoms with Crippen molar-refractivity contribution < 1.29 is 9.13 Å². The molecule has 0 aliphatic carbocycles. The highest BCUT2D eigenvalue weighted by molar-refractivity contribution is 5.63. The van der Waals surface area contributed by atoms with Crippen LogP contribution in [-0.4, -0.2) is 28.7 Å². The van der Waals surface area contributed by atoms with Crippen LogP contribution in [0.3, 0.4) is 0 Å². The summed E-state index contributed by atoms with van der Waals surface area (Å²) >= 11 is 0. The zero-order chi connectivity index (χ0) is 17.6. The lowest BCUT2D eigenvalue weighted by Gasteiger charge is -2.15. The van der Waals surface area contributed by atoms with Crippen molar-refractivity contribution in [3.8, 4) is 22.8 Å². The van der Waals surface area contributed by atoms with Gasteiger partial charge in [-0.3, -0.25) is 5.10 Å². The van der Waals surface area contributed by atoms with Crippen LogP contribution in [-0.2, 0) is 6.54 Å². The number of aromatic amines is 1. The second-order valence-electron chi connectivity index (χ2n) is 6.08. The maximum absolute atomic E-state index is 13.2. The fraction of sp³-hybridized carbons (Fsp3) is 0.250. The molecule has 130 valence electrons. The fourth-order valence-electron chi connectivity index (χ4n) is 2.78. The second kappa shape index (κ2) is 7.94. The number of benzene rings is 2. The van der Waals surface area contributed by atoms with E-state index in [1.165, 1.54) is 12.1 Å². The molecular formula is C20H22FN3O. The molecule has 0 saturated carbocycles. The molecule has 0 unspecified atom stereocenters. The van der Waals surface area contributed by atoms with Crippen molar-refractivity contribution >= 4 is 0 Å². The topological polar surface area (TPSA) is 41.2 Å².